The summed E-state index contributed by atoms with van der Waals surface area (Å²) >= 11 is 0.981. The van der Waals surface area contributed by atoms with Gasteiger partial charge in [0.05, 0.1) is 12.0 Å². The van der Waals surface area contributed by atoms with Crippen molar-refractivity contribution in [3.8, 4) is 16.9 Å². The SMILES string of the molecule is C=CC(=O)OSc1ccc(-c2ccc(OC(=O)C=C)cc2)cc1. The molecule has 0 amide bonds. The van der Waals surface area contributed by atoms with Crippen LogP contribution in [0.5, 0.6) is 5.75 Å². The highest BCUT2D eigenvalue weighted by Gasteiger charge is 2.03. The smallest absolute Gasteiger partial charge is 0.342 e. The Labute approximate surface area is 138 Å². The molecule has 0 fully saturated rings. The average molecular weight is 326 g/mol. The first-order valence-electron chi connectivity index (χ1n) is 6.68. The molecule has 2 aromatic carbocycles. The molecule has 0 radical (unpaired) electrons. The van der Waals surface area contributed by atoms with Gasteiger partial charge in [-0.2, -0.15) is 0 Å². The van der Waals surface area contributed by atoms with Gasteiger partial charge in [0.2, 0.25) is 0 Å². The minimum absolute atomic E-state index is 0.460. The van der Waals surface area contributed by atoms with Crippen LogP contribution in [0.2, 0.25) is 0 Å². The number of hydrogen-bond donors (Lipinski definition) is 0. The van der Waals surface area contributed by atoms with E-state index in [4.69, 9.17) is 8.92 Å². The Hall–Kier alpha value is -2.79. The number of carbonyl (C=O) groups is 2. The molecule has 0 heterocycles. The predicted octanol–water partition coefficient (Wildman–Crippen LogP) is 4.18. The van der Waals surface area contributed by atoms with Crippen molar-refractivity contribution >= 4 is 24.0 Å². The summed E-state index contributed by atoms with van der Waals surface area (Å²) in [4.78, 5) is 22.9. The van der Waals surface area contributed by atoms with Crippen LogP contribution in [-0.4, -0.2) is 11.9 Å². The van der Waals surface area contributed by atoms with Crippen LogP contribution in [0.15, 0.2) is 78.7 Å². The van der Waals surface area contributed by atoms with Gasteiger partial charge >= 0.3 is 11.9 Å². The van der Waals surface area contributed by atoms with Gasteiger partial charge in [-0.15, -0.1) is 0 Å². The van der Waals surface area contributed by atoms with E-state index in [1.54, 1.807) is 12.1 Å². The summed E-state index contributed by atoms with van der Waals surface area (Å²) in [5.41, 5.74) is 1.97. The standard InChI is InChI=1S/C18H14O4S/c1-3-17(19)21-15-9-5-13(6-10-15)14-7-11-16(12-8-14)23-22-18(20)4-2/h3-12H,1-2H2. The predicted molar refractivity (Wildman–Crippen MR) is 89.9 cm³/mol. The van der Waals surface area contributed by atoms with E-state index in [9.17, 15) is 9.59 Å². The first-order valence-corrected chi connectivity index (χ1v) is 7.42. The minimum Gasteiger partial charge on any atom is -0.423 e. The molecule has 2 aromatic rings. The number of hydrogen-bond acceptors (Lipinski definition) is 5. The number of benzene rings is 2. The van der Waals surface area contributed by atoms with E-state index in [2.05, 4.69) is 13.2 Å². The third-order valence-corrected chi connectivity index (χ3v) is 3.53. The van der Waals surface area contributed by atoms with E-state index in [1.165, 1.54) is 0 Å². The first-order chi connectivity index (χ1) is 11.1. The van der Waals surface area contributed by atoms with Crippen molar-refractivity contribution in [3.63, 3.8) is 0 Å². The van der Waals surface area contributed by atoms with Crippen molar-refractivity contribution < 1.29 is 18.5 Å². The van der Waals surface area contributed by atoms with Crippen molar-refractivity contribution in [2.75, 3.05) is 0 Å². The lowest BCUT2D eigenvalue weighted by molar-refractivity contribution is -0.129. The topological polar surface area (TPSA) is 52.6 Å². The van der Waals surface area contributed by atoms with Gasteiger partial charge in [0.25, 0.3) is 0 Å². The molecule has 23 heavy (non-hydrogen) atoms. The Balaban J connectivity index is 2.04. The zero-order chi connectivity index (χ0) is 16.7. The number of ether oxygens (including phenoxy) is 1. The summed E-state index contributed by atoms with van der Waals surface area (Å²) in [6.45, 7) is 6.68. The Morgan fingerprint density at radius 2 is 1.35 bits per heavy atom. The van der Waals surface area contributed by atoms with Gasteiger partial charge < -0.3 is 8.92 Å². The summed E-state index contributed by atoms with van der Waals surface area (Å²) < 4.78 is 9.91. The molecule has 0 bridgehead atoms. The van der Waals surface area contributed by atoms with E-state index in [0.717, 1.165) is 40.2 Å². The van der Waals surface area contributed by atoms with E-state index < -0.39 is 11.9 Å². The largest absolute Gasteiger partial charge is 0.423 e. The molecular weight excluding hydrogens is 312 g/mol. The quantitative estimate of drug-likeness (QED) is 0.345. The molecule has 0 aliphatic carbocycles. The second-order valence-corrected chi connectivity index (χ2v) is 5.17. The van der Waals surface area contributed by atoms with E-state index in [0.29, 0.717) is 5.75 Å². The Kier molecular flexibility index (Phi) is 5.77. The van der Waals surface area contributed by atoms with Gasteiger partial charge in [0.1, 0.15) is 5.75 Å². The zero-order valence-electron chi connectivity index (χ0n) is 12.2. The first kappa shape index (κ1) is 16.6. The monoisotopic (exact) mass is 326 g/mol. The third-order valence-electron chi connectivity index (χ3n) is 2.81. The number of carbonyl (C=O) groups excluding carboxylic acids is 2. The Morgan fingerprint density at radius 1 is 0.826 bits per heavy atom. The lowest BCUT2D eigenvalue weighted by Gasteiger charge is -2.05. The Bertz CT molecular complexity index is 718. The maximum Gasteiger partial charge on any atom is 0.342 e. The zero-order valence-corrected chi connectivity index (χ0v) is 13.0. The van der Waals surface area contributed by atoms with Crippen molar-refractivity contribution in [3.05, 3.63) is 73.8 Å². The molecule has 0 atom stereocenters. The maximum absolute atomic E-state index is 11.1. The van der Waals surface area contributed by atoms with Gasteiger partial charge in [0.15, 0.2) is 0 Å². The highest BCUT2D eigenvalue weighted by Crippen LogP contribution is 2.26. The van der Waals surface area contributed by atoms with E-state index in [-0.39, 0.29) is 0 Å². The molecule has 0 unspecified atom stereocenters. The molecule has 0 saturated heterocycles. The van der Waals surface area contributed by atoms with Gasteiger partial charge in [-0.1, -0.05) is 37.4 Å². The van der Waals surface area contributed by atoms with Crippen LogP contribution >= 0.6 is 12.0 Å². The number of rotatable bonds is 6. The van der Waals surface area contributed by atoms with E-state index in [1.807, 2.05) is 36.4 Å². The van der Waals surface area contributed by atoms with Crippen LogP contribution < -0.4 is 4.74 Å². The molecule has 2 rings (SSSR count). The molecule has 4 nitrogen and oxygen atoms in total. The average Bonchev–Trinajstić information content (AvgIpc) is 2.60. The summed E-state index contributed by atoms with van der Waals surface area (Å²) in [6.07, 6.45) is 2.23. The molecule has 0 aromatic heterocycles. The van der Waals surface area contributed by atoms with Crippen LogP contribution in [0.25, 0.3) is 11.1 Å². The molecule has 0 aliphatic rings. The van der Waals surface area contributed by atoms with Crippen LogP contribution in [0.4, 0.5) is 0 Å². The minimum atomic E-state index is -0.492. The molecule has 0 aliphatic heterocycles. The summed E-state index contributed by atoms with van der Waals surface area (Å²) in [5, 5.41) is 0. The summed E-state index contributed by atoms with van der Waals surface area (Å²) in [7, 11) is 0. The Morgan fingerprint density at radius 3 is 1.87 bits per heavy atom. The fraction of sp³-hybridized carbons (Fsp3) is 0. The van der Waals surface area contributed by atoms with Crippen LogP contribution in [-0.2, 0) is 13.8 Å². The van der Waals surface area contributed by atoms with Crippen LogP contribution in [0.1, 0.15) is 0 Å². The molecule has 0 saturated carbocycles. The number of esters is 1. The van der Waals surface area contributed by atoms with Crippen LogP contribution in [0.3, 0.4) is 0 Å². The third kappa shape index (κ3) is 4.86. The van der Waals surface area contributed by atoms with Crippen molar-refractivity contribution in [2.24, 2.45) is 0 Å². The second-order valence-electron chi connectivity index (χ2n) is 4.36. The van der Waals surface area contributed by atoms with Gasteiger partial charge in [0, 0.05) is 17.0 Å². The molecule has 0 spiro atoms. The highest BCUT2D eigenvalue weighted by atomic mass is 32.2. The fourth-order valence-electron chi connectivity index (χ4n) is 1.70. The summed E-state index contributed by atoms with van der Waals surface area (Å²) in [6, 6.07) is 14.7. The lowest BCUT2D eigenvalue weighted by Crippen LogP contribution is -2.02. The molecule has 5 heteroatoms. The normalized spacial score (nSPS) is 9.74. The lowest BCUT2D eigenvalue weighted by atomic mass is 10.1. The summed E-state index contributed by atoms with van der Waals surface area (Å²) in [5.74, 6) is -0.515. The van der Waals surface area contributed by atoms with Crippen LogP contribution in [0, 0.1) is 0 Å². The fourth-order valence-corrected chi connectivity index (χ4v) is 2.19. The van der Waals surface area contributed by atoms with Gasteiger partial charge in [-0.05, 0) is 35.4 Å². The van der Waals surface area contributed by atoms with Crippen molar-refractivity contribution in [1.29, 1.82) is 0 Å². The van der Waals surface area contributed by atoms with Gasteiger partial charge in [-0.25, -0.2) is 9.59 Å². The highest BCUT2D eigenvalue weighted by molar-refractivity contribution is 7.95. The second kappa shape index (κ2) is 8.00. The van der Waals surface area contributed by atoms with Gasteiger partial charge in [-0.3, -0.25) is 0 Å². The maximum atomic E-state index is 11.1. The molecular formula is C18H14O4S. The van der Waals surface area contributed by atoms with Crippen molar-refractivity contribution in [2.45, 2.75) is 4.90 Å². The van der Waals surface area contributed by atoms with E-state index >= 15 is 0 Å². The van der Waals surface area contributed by atoms with Crippen molar-refractivity contribution in [1.82, 2.24) is 0 Å². The molecule has 116 valence electrons. The molecule has 0 N–H and O–H groups in total.